The minimum absolute atomic E-state index is 0.223. The molecule has 2 heterocycles. The van der Waals surface area contributed by atoms with Crippen molar-refractivity contribution < 1.29 is 9.53 Å². The van der Waals surface area contributed by atoms with Gasteiger partial charge in [0, 0.05) is 31.2 Å². The van der Waals surface area contributed by atoms with E-state index in [2.05, 4.69) is 20.6 Å². The monoisotopic (exact) mass is 312 g/mol. The van der Waals surface area contributed by atoms with E-state index in [0.29, 0.717) is 18.1 Å². The summed E-state index contributed by atoms with van der Waals surface area (Å²) in [5.74, 6) is 0.284. The summed E-state index contributed by atoms with van der Waals surface area (Å²) in [7, 11) is 0. The van der Waals surface area contributed by atoms with Gasteiger partial charge in [-0.1, -0.05) is 17.7 Å². The van der Waals surface area contributed by atoms with E-state index < -0.39 is 0 Å². The Bertz CT molecular complexity index is 649. The van der Waals surface area contributed by atoms with E-state index in [9.17, 15) is 4.79 Å². The fourth-order valence-electron chi connectivity index (χ4n) is 2.39. The van der Waals surface area contributed by atoms with Gasteiger partial charge < -0.3 is 15.4 Å². The van der Waals surface area contributed by atoms with Crippen LogP contribution in [0.3, 0.4) is 0 Å². The summed E-state index contributed by atoms with van der Waals surface area (Å²) in [5.41, 5.74) is 2.32. The van der Waals surface area contributed by atoms with Crippen LogP contribution in [0.4, 0.5) is 11.6 Å². The lowest BCUT2D eigenvalue weighted by atomic mass is 10.2. The topological polar surface area (TPSA) is 76.1 Å². The van der Waals surface area contributed by atoms with Gasteiger partial charge in [0.2, 0.25) is 5.95 Å². The van der Waals surface area contributed by atoms with Crippen LogP contribution in [0.5, 0.6) is 0 Å². The zero-order valence-corrected chi connectivity index (χ0v) is 13.1. The Morgan fingerprint density at radius 3 is 2.65 bits per heavy atom. The molecule has 1 aliphatic heterocycles. The van der Waals surface area contributed by atoms with Crippen molar-refractivity contribution in [3.05, 3.63) is 47.8 Å². The number of nitrogens with zero attached hydrogens (tertiary/aromatic N) is 2. The molecule has 0 radical (unpaired) electrons. The normalized spacial score (nSPS) is 17.0. The molecule has 0 saturated carbocycles. The van der Waals surface area contributed by atoms with Crippen LogP contribution in [0.25, 0.3) is 0 Å². The third-order valence-corrected chi connectivity index (χ3v) is 3.74. The second-order valence-electron chi connectivity index (χ2n) is 5.63. The number of anilines is 2. The molecule has 1 fully saturated rings. The highest BCUT2D eigenvalue weighted by Crippen LogP contribution is 2.13. The van der Waals surface area contributed by atoms with Gasteiger partial charge in [0.25, 0.3) is 5.91 Å². The number of benzene rings is 1. The average molecular weight is 312 g/mol. The SMILES string of the molecule is Cc1ccc(NC(=O)c2cnc(NCC3CCCO3)nc2)cc1. The highest BCUT2D eigenvalue weighted by atomic mass is 16.5. The predicted octanol–water partition coefficient (Wildman–Crippen LogP) is 2.63. The molecule has 1 unspecified atom stereocenters. The highest BCUT2D eigenvalue weighted by Gasteiger charge is 2.15. The number of carbonyl (C=O) groups excluding carboxylic acids is 1. The maximum absolute atomic E-state index is 12.1. The zero-order chi connectivity index (χ0) is 16.1. The molecule has 6 heteroatoms. The van der Waals surface area contributed by atoms with Crippen molar-refractivity contribution in [3.8, 4) is 0 Å². The van der Waals surface area contributed by atoms with Gasteiger partial charge in [-0.05, 0) is 31.9 Å². The number of ether oxygens (including phenoxy) is 1. The second kappa shape index (κ2) is 7.19. The van der Waals surface area contributed by atoms with E-state index in [0.717, 1.165) is 30.7 Å². The molecule has 1 aromatic carbocycles. The van der Waals surface area contributed by atoms with Crippen LogP contribution in [0.1, 0.15) is 28.8 Å². The van der Waals surface area contributed by atoms with E-state index in [-0.39, 0.29) is 12.0 Å². The van der Waals surface area contributed by atoms with Gasteiger partial charge in [-0.25, -0.2) is 9.97 Å². The minimum atomic E-state index is -0.223. The Morgan fingerprint density at radius 2 is 2.00 bits per heavy atom. The molecule has 0 aliphatic carbocycles. The number of hydrogen-bond donors (Lipinski definition) is 2. The van der Waals surface area contributed by atoms with Crippen LogP contribution < -0.4 is 10.6 Å². The van der Waals surface area contributed by atoms with Crippen molar-refractivity contribution in [3.63, 3.8) is 0 Å². The summed E-state index contributed by atoms with van der Waals surface area (Å²) in [6.07, 6.45) is 5.43. The number of hydrogen-bond acceptors (Lipinski definition) is 5. The van der Waals surface area contributed by atoms with Crippen LogP contribution in [0, 0.1) is 6.92 Å². The summed E-state index contributed by atoms with van der Waals surface area (Å²) in [5, 5.41) is 5.95. The van der Waals surface area contributed by atoms with Gasteiger partial charge in [-0.2, -0.15) is 0 Å². The zero-order valence-electron chi connectivity index (χ0n) is 13.1. The maximum atomic E-state index is 12.1. The van der Waals surface area contributed by atoms with Crippen molar-refractivity contribution in [2.75, 3.05) is 23.8 Å². The first-order valence-electron chi connectivity index (χ1n) is 7.76. The van der Waals surface area contributed by atoms with Gasteiger partial charge in [0.1, 0.15) is 0 Å². The molecule has 6 nitrogen and oxygen atoms in total. The first-order valence-corrected chi connectivity index (χ1v) is 7.76. The summed E-state index contributed by atoms with van der Waals surface area (Å²) in [6, 6.07) is 7.63. The number of aryl methyl sites for hydroxylation is 1. The quantitative estimate of drug-likeness (QED) is 0.887. The smallest absolute Gasteiger partial charge is 0.258 e. The molecule has 23 heavy (non-hydrogen) atoms. The molecule has 1 amide bonds. The van der Waals surface area contributed by atoms with E-state index >= 15 is 0 Å². The Morgan fingerprint density at radius 1 is 1.26 bits per heavy atom. The predicted molar refractivity (Wildman–Crippen MR) is 88.6 cm³/mol. The first-order chi connectivity index (χ1) is 11.2. The van der Waals surface area contributed by atoms with Gasteiger partial charge in [-0.3, -0.25) is 4.79 Å². The van der Waals surface area contributed by atoms with Crippen LogP contribution in [0.15, 0.2) is 36.7 Å². The van der Waals surface area contributed by atoms with Crippen molar-refractivity contribution in [2.24, 2.45) is 0 Å². The molecular formula is C17H20N4O2. The van der Waals surface area contributed by atoms with Crippen molar-refractivity contribution in [1.82, 2.24) is 9.97 Å². The van der Waals surface area contributed by atoms with Crippen LogP contribution in [-0.4, -0.2) is 35.1 Å². The fourth-order valence-corrected chi connectivity index (χ4v) is 2.39. The van der Waals surface area contributed by atoms with Crippen molar-refractivity contribution in [1.29, 1.82) is 0 Å². The molecule has 0 bridgehead atoms. The number of carbonyl (C=O) groups is 1. The lowest BCUT2D eigenvalue weighted by Gasteiger charge is -2.10. The third-order valence-electron chi connectivity index (χ3n) is 3.74. The molecule has 1 saturated heterocycles. The molecule has 1 aliphatic rings. The standard InChI is InChI=1S/C17H20N4O2/c1-12-4-6-14(7-5-12)21-16(22)13-9-18-17(19-10-13)20-11-15-3-2-8-23-15/h4-7,9-10,15H,2-3,8,11H2,1H3,(H,21,22)(H,18,19,20). The molecule has 120 valence electrons. The third kappa shape index (κ3) is 4.26. The largest absolute Gasteiger partial charge is 0.376 e. The summed E-state index contributed by atoms with van der Waals surface area (Å²) in [4.78, 5) is 20.5. The number of amides is 1. The molecule has 1 atom stereocenters. The Kier molecular flexibility index (Phi) is 4.83. The van der Waals surface area contributed by atoms with E-state index in [1.807, 2.05) is 31.2 Å². The van der Waals surface area contributed by atoms with Crippen molar-refractivity contribution in [2.45, 2.75) is 25.9 Å². The van der Waals surface area contributed by atoms with Crippen molar-refractivity contribution >= 4 is 17.5 Å². The van der Waals surface area contributed by atoms with Gasteiger partial charge in [0.05, 0.1) is 11.7 Å². The van der Waals surface area contributed by atoms with Crippen LogP contribution in [-0.2, 0) is 4.74 Å². The number of nitrogens with one attached hydrogen (secondary N) is 2. The summed E-state index contributed by atoms with van der Waals surface area (Å²) < 4.78 is 5.53. The van der Waals surface area contributed by atoms with Gasteiger partial charge in [0.15, 0.2) is 0 Å². The summed E-state index contributed by atoms with van der Waals surface area (Å²) in [6.45, 7) is 3.52. The van der Waals surface area contributed by atoms with E-state index in [1.165, 1.54) is 12.4 Å². The molecule has 1 aromatic heterocycles. The molecule has 0 spiro atoms. The lowest BCUT2D eigenvalue weighted by Crippen LogP contribution is -2.20. The van der Waals surface area contributed by atoms with E-state index in [1.54, 1.807) is 0 Å². The van der Waals surface area contributed by atoms with Gasteiger partial charge >= 0.3 is 0 Å². The Labute approximate surface area is 135 Å². The Balaban J connectivity index is 1.55. The first kappa shape index (κ1) is 15.4. The van der Waals surface area contributed by atoms with E-state index in [4.69, 9.17) is 4.74 Å². The minimum Gasteiger partial charge on any atom is -0.376 e. The molecule has 2 N–H and O–H groups in total. The summed E-state index contributed by atoms with van der Waals surface area (Å²) >= 11 is 0. The molecular weight excluding hydrogens is 292 g/mol. The number of rotatable bonds is 5. The fraction of sp³-hybridized carbons (Fsp3) is 0.353. The van der Waals surface area contributed by atoms with Crippen LogP contribution >= 0.6 is 0 Å². The van der Waals surface area contributed by atoms with Crippen LogP contribution in [0.2, 0.25) is 0 Å². The molecule has 2 aromatic rings. The Hall–Kier alpha value is -2.47. The average Bonchev–Trinajstić information content (AvgIpc) is 3.09. The maximum Gasteiger partial charge on any atom is 0.258 e. The number of aromatic nitrogens is 2. The molecule has 3 rings (SSSR count). The van der Waals surface area contributed by atoms with Gasteiger partial charge in [-0.15, -0.1) is 0 Å². The lowest BCUT2D eigenvalue weighted by molar-refractivity contribution is 0.102. The second-order valence-corrected chi connectivity index (χ2v) is 5.63. The highest BCUT2D eigenvalue weighted by molar-refractivity contribution is 6.03.